The molecular formula is C15H11Cl2NO4S. The number of hydrogen-bond acceptors (Lipinski definition) is 5. The van der Waals surface area contributed by atoms with Crippen LogP contribution in [0.25, 0.3) is 0 Å². The molecule has 120 valence electrons. The number of carbonyl (C=O) groups is 3. The molecule has 1 aromatic heterocycles. The molecule has 0 saturated carbocycles. The van der Waals surface area contributed by atoms with E-state index in [1.165, 1.54) is 29.5 Å². The second-order valence-electron chi connectivity index (χ2n) is 4.37. The van der Waals surface area contributed by atoms with Crippen LogP contribution in [-0.4, -0.2) is 30.8 Å². The lowest BCUT2D eigenvalue weighted by molar-refractivity contribution is -0.141. The molecule has 0 bridgehead atoms. The number of hydrogen-bond donors (Lipinski definition) is 1. The highest BCUT2D eigenvalue weighted by Crippen LogP contribution is 2.21. The summed E-state index contributed by atoms with van der Waals surface area (Å²) in [5, 5.41) is 4.75. The van der Waals surface area contributed by atoms with E-state index in [2.05, 4.69) is 5.32 Å². The van der Waals surface area contributed by atoms with E-state index in [4.69, 9.17) is 27.9 Å². The molecule has 0 radical (unpaired) electrons. The van der Waals surface area contributed by atoms with Gasteiger partial charge in [-0.05, 0) is 29.6 Å². The Morgan fingerprint density at radius 2 is 1.96 bits per heavy atom. The summed E-state index contributed by atoms with van der Waals surface area (Å²) < 4.78 is 4.82. The number of Topliss-reactive ketones (excluding diaryl/α,β-unsaturated/α-hetero) is 1. The van der Waals surface area contributed by atoms with Crippen molar-refractivity contribution in [2.24, 2.45) is 0 Å². The Kier molecular flexibility index (Phi) is 6.15. The van der Waals surface area contributed by atoms with Gasteiger partial charge in [0.2, 0.25) is 5.78 Å². The van der Waals surface area contributed by atoms with Crippen molar-refractivity contribution in [3.63, 3.8) is 0 Å². The van der Waals surface area contributed by atoms with E-state index in [-0.39, 0.29) is 23.0 Å². The topological polar surface area (TPSA) is 72.5 Å². The normalized spacial score (nSPS) is 10.2. The Balaban J connectivity index is 1.80. The molecule has 1 amide bonds. The Morgan fingerprint density at radius 1 is 1.17 bits per heavy atom. The quantitative estimate of drug-likeness (QED) is 0.624. The van der Waals surface area contributed by atoms with Gasteiger partial charge in [-0.3, -0.25) is 14.4 Å². The Morgan fingerprint density at radius 3 is 2.61 bits per heavy atom. The van der Waals surface area contributed by atoms with Gasteiger partial charge in [0.1, 0.15) is 6.54 Å². The number of esters is 1. The Hall–Kier alpha value is -1.89. The molecule has 0 aliphatic rings. The van der Waals surface area contributed by atoms with Crippen LogP contribution < -0.4 is 5.32 Å². The molecule has 0 fully saturated rings. The molecular weight excluding hydrogens is 361 g/mol. The summed E-state index contributed by atoms with van der Waals surface area (Å²) in [6.07, 6.45) is 0. The molecule has 1 heterocycles. The first-order chi connectivity index (χ1) is 11.0. The van der Waals surface area contributed by atoms with Crippen LogP contribution in [0.4, 0.5) is 0 Å². The van der Waals surface area contributed by atoms with Gasteiger partial charge in [-0.25, -0.2) is 0 Å². The van der Waals surface area contributed by atoms with Gasteiger partial charge in [-0.1, -0.05) is 29.3 Å². The summed E-state index contributed by atoms with van der Waals surface area (Å²) in [4.78, 5) is 35.6. The van der Waals surface area contributed by atoms with E-state index in [1.807, 2.05) is 0 Å². The van der Waals surface area contributed by atoms with Crippen LogP contribution in [0.5, 0.6) is 0 Å². The highest BCUT2D eigenvalue weighted by Gasteiger charge is 2.14. The third-order valence-electron chi connectivity index (χ3n) is 2.73. The van der Waals surface area contributed by atoms with Gasteiger partial charge in [-0.15, -0.1) is 11.3 Å². The molecule has 0 unspecified atom stereocenters. The summed E-state index contributed by atoms with van der Waals surface area (Å²) in [6, 6.07) is 7.77. The zero-order valence-electron chi connectivity index (χ0n) is 11.7. The average molecular weight is 372 g/mol. The number of amides is 1. The molecule has 23 heavy (non-hydrogen) atoms. The molecule has 1 aromatic carbocycles. The first-order valence-electron chi connectivity index (χ1n) is 6.43. The fourth-order valence-corrected chi connectivity index (χ4v) is 2.79. The number of nitrogens with one attached hydrogen (secondary N) is 1. The first-order valence-corrected chi connectivity index (χ1v) is 8.06. The molecule has 0 aliphatic heterocycles. The van der Waals surface area contributed by atoms with Crippen LogP contribution in [-0.2, 0) is 9.53 Å². The molecule has 1 N–H and O–H groups in total. The number of carbonyl (C=O) groups excluding carboxylic acids is 3. The summed E-state index contributed by atoms with van der Waals surface area (Å²) in [5.41, 5.74) is 0.214. The van der Waals surface area contributed by atoms with Crippen LogP contribution in [0.1, 0.15) is 20.0 Å². The molecule has 8 heteroatoms. The minimum absolute atomic E-state index is 0.185. The van der Waals surface area contributed by atoms with Gasteiger partial charge in [0.15, 0.2) is 6.61 Å². The van der Waals surface area contributed by atoms with E-state index in [1.54, 1.807) is 17.5 Å². The van der Waals surface area contributed by atoms with Crippen molar-refractivity contribution < 1.29 is 19.1 Å². The van der Waals surface area contributed by atoms with Gasteiger partial charge in [0, 0.05) is 10.6 Å². The molecule has 2 aromatic rings. The first kappa shape index (κ1) is 17.5. The minimum Gasteiger partial charge on any atom is -0.456 e. The third-order valence-corrected chi connectivity index (χ3v) is 4.15. The number of halogens is 2. The fourth-order valence-electron chi connectivity index (χ4n) is 1.64. The maximum absolute atomic E-state index is 11.9. The van der Waals surface area contributed by atoms with E-state index in [0.29, 0.717) is 9.90 Å². The van der Waals surface area contributed by atoms with E-state index in [9.17, 15) is 14.4 Å². The number of benzene rings is 1. The lowest BCUT2D eigenvalue weighted by atomic mass is 10.1. The largest absolute Gasteiger partial charge is 0.456 e. The van der Waals surface area contributed by atoms with Gasteiger partial charge in [-0.2, -0.15) is 0 Å². The number of ketones is 1. The van der Waals surface area contributed by atoms with Gasteiger partial charge in [0.25, 0.3) is 5.91 Å². The fraction of sp³-hybridized carbons (Fsp3) is 0.133. The summed E-state index contributed by atoms with van der Waals surface area (Å²) in [7, 11) is 0. The standard InChI is InChI=1S/C15H11Cl2NO4S/c16-9-3-4-10(11(17)6-9)12(19)8-22-14(20)7-18-15(21)13-2-1-5-23-13/h1-6H,7-8H2,(H,18,21). The summed E-state index contributed by atoms with van der Waals surface area (Å²) in [5.74, 6) is -1.54. The van der Waals surface area contributed by atoms with E-state index in [0.717, 1.165) is 0 Å². The maximum Gasteiger partial charge on any atom is 0.325 e. The van der Waals surface area contributed by atoms with Crippen molar-refractivity contribution in [1.29, 1.82) is 0 Å². The highest BCUT2D eigenvalue weighted by atomic mass is 35.5. The van der Waals surface area contributed by atoms with Crippen molar-refractivity contribution in [3.05, 3.63) is 56.2 Å². The maximum atomic E-state index is 11.9. The van der Waals surface area contributed by atoms with Crippen LogP contribution in [0.2, 0.25) is 10.0 Å². The monoisotopic (exact) mass is 371 g/mol. The lowest BCUT2D eigenvalue weighted by Gasteiger charge is -2.07. The number of thiophene rings is 1. The minimum atomic E-state index is -0.714. The van der Waals surface area contributed by atoms with Crippen molar-refractivity contribution in [2.75, 3.05) is 13.2 Å². The van der Waals surface area contributed by atoms with E-state index < -0.39 is 18.4 Å². The molecule has 0 spiro atoms. The van der Waals surface area contributed by atoms with Gasteiger partial charge < -0.3 is 10.1 Å². The van der Waals surface area contributed by atoms with Crippen molar-refractivity contribution in [3.8, 4) is 0 Å². The molecule has 0 atom stereocenters. The SMILES string of the molecule is O=C(CNC(=O)c1cccs1)OCC(=O)c1ccc(Cl)cc1Cl. The van der Waals surface area contributed by atoms with Crippen molar-refractivity contribution in [2.45, 2.75) is 0 Å². The van der Waals surface area contributed by atoms with Crippen LogP contribution >= 0.6 is 34.5 Å². The summed E-state index contributed by atoms with van der Waals surface area (Å²) >= 11 is 12.9. The smallest absolute Gasteiger partial charge is 0.325 e. The molecule has 2 rings (SSSR count). The van der Waals surface area contributed by atoms with Gasteiger partial charge >= 0.3 is 5.97 Å². The highest BCUT2D eigenvalue weighted by molar-refractivity contribution is 7.12. The van der Waals surface area contributed by atoms with Gasteiger partial charge in [0.05, 0.1) is 9.90 Å². The predicted octanol–water partition coefficient (Wildman–Crippen LogP) is 3.21. The van der Waals surface area contributed by atoms with Crippen LogP contribution in [0, 0.1) is 0 Å². The average Bonchev–Trinajstić information content (AvgIpc) is 3.04. The van der Waals surface area contributed by atoms with E-state index >= 15 is 0 Å². The Bertz CT molecular complexity index is 731. The zero-order valence-corrected chi connectivity index (χ0v) is 14.0. The molecule has 0 aliphatic carbocycles. The van der Waals surface area contributed by atoms with Crippen LogP contribution in [0.15, 0.2) is 35.7 Å². The Labute approximate surface area is 146 Å². The van der Waals surface area contributed by atoms with Crippen molar-refractivity contribution in [1.82, 2.24) is 5.32 Å². The second kappa shape index (κ2) is 8.10. The number of ether oxygens (including phenoxy) is 1. The van der Waals surface area contributed by atoms with Crippen molar-refractivity contribution >= 4 is 52.2 Å². The number of rotatable bonds is 6. The predicted molar refractivity (Wildman–Crippen MR) is 88.4 cm³/mol. The molecule has 5 nitrogen and oxygen atoms in total. The lowest BCUT2D eigenvalue weighted by Crippen LogP contribution is -2.31. The third kappa shape index (κ3) is 5.06. The van der Waals surface area contributed by atoms with Crippen LogP contribution in [0.3, 0.4) is 0 Å². The molecule has 0 saturated heterocycles. The zero-order chi connectivity index (χ0) is 16.8. The summed E-state index contributed by atoms with van der Waals surface area (Å²) in [6.45, 7) is -0.784. The second-order valence-corrected chi connectivity index (χ2v) is 6.16.